The van der Waals surface area contributed by atoms with Crippen molar-refractivity contribution in [2.45, 2.75) is 6.54 Å². The maximum absolute atomic E-state index is 14.0. The van der Waals surface area contributed by atoms with Crippen LogP contribution in [0.1, 0.15) is 21.5 Å². The summed E-state index contributed by atoms with van der Waals surface area (Å²) < 4.78 is 1.65. The van der Waals surface area contributed by atoms with E-state index in [1.165, 1.54) is 6.08 Å². The summed E-state index contributed by atoms with van der Waals surface area (Å²) >= 11 is 6.41. The first-order valence-corrected chi connectivity index (χ1v) is 11.6. The van der Waals surface area contributed by atoms with E-state index in [4.69, 9.17) is 11.6 Å². The zero-order valence-corrected chi connectivity index (χ0v) is 19.5. The highest BCUT2D eigenvalue weighted by molar-refractivity contribution is 6.31. The molecular formula is C30H21ClN2O2. The lowest BCUT2D eigenvalue weighted by atomic mass is 9.93. The van der Waals surface area contributed by atoms with Crippen molar-refractivity contribution in [1.82, 2.24) is 9.55 Å². The van der Waals surface area contributed by atoms with Gasteiger partial charge in [0.2, 0.25) is 0 Å². The number of fused-ring (bicyclic) bond motifs is 1. The van der Waals surface area contributed by atoms with Crippen molar-refractivity contribution >= 4 is 34.4 Å². The zero-order valence-electron chi connectivity index (χ0n) is 18.8. The number of allylic oxidation sites excluding steroid dienone is 1. The number of hydrogen-bond donors (Lipinski definition) is 0. The lowest BCUT2D eigenvalue weighted by Gasteiger charge is -2.18. The van der Waals surface area contributed by atoms with Gasteiger partial charge in [-0.1, -0.05) is 78.3 Å². The smallest absolute Gasteiger partial charge is 0.263 e. The van der Waals surface area contributed by atoms with E-state index in [9.17, 15) is 9.59 Å². The maximum atomic E-state index is 14.0. The van der Waals surface area contributed by atoms with Gasteiger partial charge in [0.15, 0.2) is 5.78 Å². The van der Waals surface area contributed by atoms with Crippen LogP contribution in [0.5, 0.6) is 0 Å². The molecule has 0 aliphatic rings. The molecule has 5 rings (SSSR count). The average molecular weight is 477 g/mol. The molecular weight excluding hydrogens is 456 g/mol. The highest BCUT2D eigenvalue weighted by Crippen LogP contribution is 2.33. The molecule has 35 heavy (non-hydrogen) atoms. The highest BCUT2D eigenvalue weighted by atomic mass is 35.5. The molecule has 0 N–H and O–H groups in total. The van der Waals surface area contributed by atoms with Gasteiger partial charge in [-0.25, -0.2) is 0 Å². The predicted molar refractivity (Wildman–Crippen MR) is 142 cm³/mol. The van der Waals surface area contributed by atoms with E-state index in [-0.39, 0.29) is 16.9 Å². The van der Waals surface area contributed by atoms with E-state index in [1.807, 2.05) is 72.8 Å². The Morgan fingerprint density at radius 2 is 1.57 bits per heavy atom. The number of rotatable bonds is 6. The van der Waals surface area contributed by atoms with Gasteiger partial charge in [0.25, 0.3) is 5.56 Å². The first-order valence-electron chi connectivity index (χ1n) is 11.2. The number of hydrogen-bond acceptors (Lipinski definition) is 3. The molecule has 2 aromatic heterocycles. The molecule has 0 spiro atoms. The Morgan fingerprint density at radius 3 is 2.29 bits per heavy atom. The third kappa shape index (κ3) is 4.70. The summed E-state index contributed by atoms with van der Waals surface area (Å²) in [6.07, 6.45) is 6.46. The van der Waals surface area contributed by atoms with E-state index in [1.54, 1.807) is 41.2 Å². The van der Waals surface area contributed by atoms with Crippen LogP contribution in [0.4, 0.5) is 0 Å². The van der Waals surface area contributed by atoms with Crippen LogP contribution in [0.15, 0.2) is 114 Å². The molecule has 0 fully saturated rings. The van der Waals surface area contributed by atoms with Crippen molar-refractivity contribution in [3.8, 4) is 11.1 Å². The van der Waals surface area contributed by atoms with Crippen LogP contribution in [0.25, 0.3) is 28.1 Å². The van der Waals surface area contributed by atoms with E-state index >= 15 is 0 Å². The number of nitrogens with zero attached hydrogens (tertiary/aromatic N) is 2. The molecule has 0 bridgehead atoms. The molecule has 5 heteroatoms. The Morgan fingerprint density at radius 1 is 0.886 bits per heavy atom. The standard InChI is InChI=1S/C30H21ClN2O2/c31-24-12-13-26-25(19-24)28(23-9-5-2-6-10-23)29(27(34)14-11-21-15-17-32-18-16-21)30(35)33(26)20-22-7-3-1-4-8-22/h1-19H,20H2/b14-11+. The van der Waals surface area contributed by atoms with Gasteiger partial charge in [0.1, 0.15) is 0 Å². The SMILES string of the molecule is O=C(/C=C/c1ccncc1)c1c(-c2ccccc2)c2cc(Cl)ccc2n(Cc2ccccc2)c1=O. The van der Waals surface area contributed by atoms with Crippen LogP contribution in [-0.4, -0.2) is 15.3 Å². The van der Waals surface area contributed by atoms with Gasteiger partial charge in [0, 0.05) is 28.4 Å². The lowest BCUT2D eigenvalue weighted by molar-refractivity contribution is 0.104. The lowest BCUT2D eigenvalue weighted by Crippen LogP contribution is -2.28. The number of carbonyl (C=O) groups excluding carboxylic acids is 1. The van der Waals surface area contributed by atoms with Gasteiger partial charge in [-0.15, -0.1) is 0 Å². The van der Waals surface area contributed by atoms with Crippen LogP contribution in [0.2, 0.25) is 5.02 Å². The summed E-state index contributed by atoms with van der Waals surface area (Å²) in [5, 5.41) is 1.28. The maximum Gasteiger partial charge on any atom is 0.263 e. The number of ketones is 1. The van der Waals surface area contributed by atoms with E-state index < -0.39 is 0 Å². The van der Waals surface area contributed by atoms with Crippen molar-refractivity contribution < 1.29 is 4.79 Å². The molecule has 5 aromatic rings. The molecule has 0 amide bonds. The van der Waals surface area contributed by atoms with Crippen molar-refractivity contribution in [3.05, 3.63) is 142 Å². The van der Waals surface area contributed by atoms with Crippen molar-refractivity contribution in [2.24, 2.45) is 0 Å². The first kappa shape index (κ1) is 22.5. The van der Waals surface area contributed by atoms with Crippen LogP contribution < -0.4 is 5.56 Å². The summed E-state index contributed by atoms with van der Waals surface area (Å²) in [7, 11) is 0. The minimum atomic E-state index is -0.366. The van der Waals surface area contributed by atoms with Crippen LogP contribution in [0.3, 0.4) is 0 Å². The summed E-state index contributed by atoms with van der Waals surface area (Å²) in [5.41, 5.74) is 3.65. The Kier molecular flexibility index (Phi) is 6.38. The second-order valence-corrected chi connectivity index (χ2v) is 8.57. The largest absolute Gasteiger partial charge is 0.303 e. The number of carbonyl (C=O) groups is 1. The predicted octanol–water partition coefficient (Wildman–Crippen LogP) is 6.66. The van der Waals surface area contributed by atoms with Crippen molar-refractivity contribution in [1.29, 1.82) is 0 Å². The third-order valence-electron chi connectivity index (χ3n) is 5.85. The van der Waals surface area contributed by atoms with E-state index in [2.05, 4.69) is 4.98 Å². The van der Waals surface area contributed by atoms with Gasteiger partial charge in [-0.3, -0.25) is 14.6 Å². The molecule has 3 aromatic carbocycles. The Labute approximate surface area is 207 Å². The molecule has 0 atom stereocenters. The normalized spacial score (nSPS) is 11.2. The van der Waals surface area contributed by atoms with Crippen molar-refractivity contribution in [2.75, 3.05) is 0 Å². The van der Waals surface area contributed by atoms with E-state index in [0.717, 1.165) is 27.6 Å². The summed E-state index contributed by atoms with van der Waals surface area (Å²) in [6, 6.07) is 28.2. The Bertz CT molecular complexity index is 1590. The van der Waals surface area contributed by atoms with Crippen LogP contribution in [0, 0.1) is 0 Å². The minimum absolute atomic E-state index is 0.118. The molecule has 0 unspecified atom stereocenters. The average Bonchev–Trinajstić information content (AvgIpc) is 2.90. The number of aromatic nitrogens is 2. The topological polar surface area (TPSA) is 52.0 Å². The van der Waals surface area contributed by atoms with Crippen LogP contribution >= 0.6 is 11.6 Å². The fourth-order valence-corrected chi connectivity index (χ4v) is 4.39. The zero-order chi connectivity index (χ0) is 24.2. The number of benzene rings is 3. The Balaban J connectivity index is 1.79. The quantitative estimate of drug-likeness (QED) is 0.203. The molecule has 0 aliphatic carbocycles. The second kappa shape index (κ2) is 9.92. The first-order chi connectivity index (χ1) is 17.1. The molecule has 2 heterocycles. The van der Waals surface area contributed by atoms with Gasteiger partial charge < -0.3 is 4.57 Å². The summed E-state index contributed by atoms with van der Waals surface area (Å²) in [4.78, 5) is 31.6. The molecule has 0 saturated heterocycles. The monoisotopic (exact) mass is 476 g/mol. The molecule has 0 radical (unpaired) electrons. The summed E-state index contributed by atoms with van der Waals surface area (Å²) in [6.45, 7) is 0.335. The number of pyridine rings is 2. The third-order valence-corrected chi connectivity index (χ3v) is 6.09. The van der Waals surface area contributed by atoms with Gasteiger partial charge >= 0.3 is 0 Å². The van der Waals surface area contributed by atoms with Crippen LogP contribution in [-0.2, 0) is 6.54 Å². The Hall–Kier alpha value is -4.28. The van der Waals surface area contributed by atoms with Crippen molar-refractivity contribution in [3.63, 3.8) is 0 Å². The van der Waals surface area contributed by atoms with E-state index in [0.29, 0.717) is 17.1 Å². The fraction of sp³-hybridized carbons (Fsp3) is 0.0333. The van der Waals surface area contributed by atoms with Gasteiger partial charge in [-0.05, 0) is 53.1 Å². The van der Waals surface area contributed by atoms with Gasteiger partial charge in [-0.2, -0.15) is 0 Å². The summed E-state index contributed by atoms with van der Waals surface area (Å²) in [5.74, 6) is -0.366. The molecule has 0 saturated carbocycles. The molecule has 0 aliphatic heterocycles. The minimum Gasteiger partial charge on any atom is -0.303 e. The number of halogens is 1. The molecule has 170 valence electrons. The van der Waals surface area contributed by atoms with Gasteiger partial charge in [0.05, 0.1) is 17.6 Å². The highest BCUT2D eigenvalue weighted by Gasteiger charge is 2.22. The molecule has 4 nitrogen and oxygen atoms in total. The fourth-order valence-electron chi connectivity index (χ4n) is 4.22. The second-order valence-electron chi connectivity index (χ2n) is 8.13.